The van der Waals surface area contributed by atoms with Gasteiger partial charge in [0.25, 0.3) is 5.91 Å². The lowest BCUT2D eigenvalue weighted by molar-refractivity contribution is -0.127. The number of ether oxygens (including phenoxy) is 1. The lowest BCUT2D eigenvalue weighted by Gasteiger charge is -2.19. The van der Waals surface area contributed by atoms with Crippen molar-refractivity contribution in [3.05, 3.63) is 60.2 Å². The molecule has 0 fully saturated rings. The van der Waals surface area contributed by atoms with Crippen LogP contribution in [0.5, 0.6) is 5.75 Å². The third kappa shape index (κ3) is 4.83. The molecule has 128 valence electrons. The second-order valence-corrected chi connectivity index (χ2v) is 7.66. The van der Waals surface area contributed by atoms with Gasteiger partial charge in [0.15, 0.2) is 15.9 Å². The van der Waals surface area contributed by atoms with Gasteiger partial charge in [0.2, 0.25) is 0 Å². The highest BCUT2D eigenvalue weighted by atomic mass is 32.2. The van der Waals surface area contributed by atoms with Crippen LogP contribution in [-0.4, -0.2) is 26.7 Å². The molecule has 0 radical (unpaired) electrons. The molecule has 2 atom stereocenters. The normalized spacial score (nSPS) is 13.8. The van der Waals surface area contributed by atoms with Gasteiger partial charge >= 0.3 is 0 Å². The summed E-state index contributed by atoms with van der Waals surface area (Å²) < 4.78 is 28.5. The van der Waals surface area contributed by atoms with Crippen molar-refractivity contribution in [2.24, 2.45) is 0 Å². The lowest BCUT2D eigenvalue weighted by atomic mass is 10.1. The smallest absolute Gasteiger partial charge is 0.261 e. The van der Waals surface area contributed by atoms with Crippen LogP contribution in [0.3, 0.4) is 0 Å². The molecule has 0 aliphatic rings. The number of hydrogen-bond acceptors (Lipinski definition) is 4. The highest BCUT2D eigenvalue weighted by Gasteiger charge is 2.18. The van der Waals surface area contributed by atoms with Crippen molar-refractivity contribution in [3.8, 4) is 5.75 Å². The standard InChI is InChI=1S/C18H21NO4S/c1-13(15-9-11-17(12-10-15)24(3,21)22)19-18(20)14(2)23-16-7-5-4-6-8-16/h4-14H,1-3H3,(H,19,20). The van der Waals surface area contributed by atoms with Gasteiger partial charge in [0.1, 0.15) is 5.75 Å². The van der Waals surface area contributed by atoms with Gasteiger partial charge in [-0.2, -0.15) is 0 Å². The molecular weight excluding hydrogens is 326 g/mol. The minimum atomic E-state index is -3.22. The number of carbonyl (C=O) groups is 1. The Bertz CT molecular complexity index is 786. The van der Waals surface area contributed by atoms with Crippen molar-refractivity contribution >= 4 is 15.7 Å². The second-order valence-electron chi connectivity index (χ2n) is 5.64. The summed E-state index contributed by atoms with van der Waals surface area (Å²) in [5.41, 5.74) is 0.822. The molecule has 0 saturated heterocycles. The quantitative estimate of drug-likeness (QED) is 0.872. The first-order valence-corrected chi connectivity index (χ1v) is 9.48. The van der Waals surface area contributed by atoms with E-state index in [-0.39, 0.29) is 16.8 Å². The highest BCUT2D eigenvalue weighted by Crippen LogP contribution is 2.17. The van der Waals surface area contributed by atoms with Gasteiger partial charge < -0.3 is 10.1 Å². The fraction of sp³-hybridized carbons (Fsp3) is 0.278. The number of sulfone groups is 1. The Kier molecular flexibility index (Phi) is 5.62. The van der Waals surface area contributed by atoms with E-state index in [9.17, 15) is 13.2 Å². The number of nitrogens with one attached hydrogen (secondary N) is 1. The number of para-hydroxylation sites is 1. The van der Waals surface area contributed by atoms with Crippen molar-refractivity contribution in [2.75, 3.05) is 6.26 Å². The predicted molar refractivity (Wildman–Crippen MR) is 92.6 cm³/mol. The Morgan fingerprint density at radius 1 is 1.00 bits per heavy atom. The first kappa shape index (κ1) is 18.0. The molecule has 24 heavy (non-hydrogen) atoms. The average molecular weight is 347 g/mol. The Labute approximate surface area is 142 Å². The number of carbonyl (C=O) groups excluding carboxylic acids is 1. The van der Waals surface area contributed by atoms with E-state index in [0.29, 0.717) is 5.75 Å². The maximum Gasteiger partial charge on any atom is 0.261 e. The van der Waals surface area contributed by atoms with Crippen molar-refractivity contribution in [2.45, 2.75) is 30.9 Å². The van der Waals surface area contributed by atoms with E-state index in [1.807, 2.05) is 25.1 Å². The van der Waals surface area contributed by atoms with Gasteiger partial charge in [0, 0.05) is 6.26 Å². The van der Waals surface area contributed by atoms with Crippen LogP contribution in [0.2, 0.25) is 0 Å². The predicted octanol–water partition coefficient (Wildman–Crippen LogP) is 2.73. The zero-order valence-corrected chi connectivity index (χ0v) is 14.7. The van der Waals surface area contributed by atoms with E-state index in [0.717, 1.165) is 11.8 Å². The zero-order valence-electron chi connectivity index (χ0n) is 13.9. The van der Waals surface area contributed by atoms with E-state index < -0.39 is 15.9 Å². The molecule has 2 rings (SSSR count). The minimum Gasteiger partial charge on any atom is -0.481 e. The van der Waals surface area contributed by atoms with Crippen LogP contribution in [0.1, 0.15) is 25.5 Å². The van der Waals surface area contributed by atoms with E-state index >= 15 is 0 Å². The molecule has 5 nitrogen and oxygen atoms in total. The Balaban J connectivity index is 1.98. The molecule has 0 spiro atoms. The zero-order chi connectivity index (χ0) is 17.7. The Morgan fingerprint density at radius 3 is 2.12 bits per heavy atom. The highest BCUT2D eigenvalue weighted by molar-refractivity contribution is 7.90. The summed E-state index contributed by atoms with van der Waals surface area (Å²) in [6.45, 7) is 3.52. The number of rotatable bonds is 6. The van der Waals surface area contributed by atoms with Crippen molar-refractivity contribution in [1.82, 2.24) is 5.32 Å². The third-order valence-corrected chi connectivity index (χ3v) is 4.72. The molecule has 0 heterocycles. The Morgan fingerprint density at radius 2 is 1.58 bits per heavy atom. The lowest BCUT2D eigenvalue weighted by Crippen LogP contribution is -2.37. The van der Waals surface area contributed by atoms with Crippen molar-refractivity contribution < 1.29 is 17.9 Å². The molecule has 6 heteroatoms. The van der Waals surface area contributed by atoms with Gasteiger partial charge in [-0.05, 0) is 43.7 Å². The molecular formula is C18H21NO4S. The topological polar surface area (TPSA) is 72.5 Å². The van der Waals surface area contributed by atoms with E-state index in [1.54, 1.807) is 31.2 Å². The summed E-state index contributed by atoms with van der Waals surface area (Å²) >= 11 is 0. The molecule has 0 aliphatic heterocycles. The van der Waals surface area contributed by atoms with Crippen LogP contribution >= 0.6 is 0 Å². The summed E-state index contributed by atoms with van der Waals surface area (Å²) in [6.07, 6.45) is 0.528. The minimum absolute atomic E-state index is 0.237. The molecule has 0 saturated carbocycles. The average Bonchev–Trinajstić information content (AvgIpc) is 2.55. The van der Waals surface area contributed by atoms with Crippen molar-refractivity contribution in [1.29, 1.82) is 0 Å². The SMILES string of the molecule is CC(Oc1ccccc1)C(=O)NC(C)c1ccc(S(C)(=O)=O)cc1. The largest absolute Gasteiger partial charge is 0.481 e. The van der Waals surface area contributed by atoms with Crippen LogP contribution in [0, 0.1) is 0 Å². The van der Waals surface area contributed by atoms with E-state index in [4.69, 9.17) is 4.74 Å². The first-order chi connectivity index (χ1) is 11.3. The van der Waals surface area contributed by atoms with Gasteiger partial charge in [-0.3, -0.25) is 4.79 Å². The van der Waals surface area contributed by atoms with Crippen LogP contribution in [0.25, 0.3) is 0 Å². The summed E-state index contributed by atoms with van der Waals surface area (Å²) in [5.74, 6) is 0.392. The molecule has 0 aliphatic carbocycles. The van der Waals surface area contributed by atoms with Crippen LogP contribution in [-0.2, 0) is 14.6 Å². The molecule has 2 aromatic carbocycles. The molecule has 2 aromatic rings. The summed E-state index contributed by atoms with van der Waals surface area (Å²) in [5, 5.41) is 2.86. The van der Waals surface area contributed by atoms with Gasteiger partial charge in [-0.25, -0.2) is 8.42 Å². The van der Waals surface area contributed by atoms with Crippen LogP contribution < -0.4 is 10.1 Å². The summed E-state index contributed by atoms with van der Waals surface area (Å²) in [7, 11) is -3.22. The van der Waals surface area contributed by atoms with Crippen molar-refractivity contribution in [3.63, 3.8) is 0 Å². The number of amides is 1. The third-order valence-electron chi connectivity index (χ3n) is 3.59. The van der Waals surface area contributed by atoms with Gasteiger partial charge in [0.05, 0.1) is 10.9 Å². The fourth-order valence-electron chi connectivity index (χ4n) is 2.17. The van der Waals surface area contributed by atoms with Crippen LogP contribution in [0.15, 0.2) is 59.5 Å². The number of benzene rings is 2. The Hall–Kier alpha value is -2.34. The maximum atomic E-state index is 12.2. The van der Waals surface area contributed by atoms with Gasteiger partial charge in [-0.1, -0.05) is 30.3 Å². The molecule has 1 N–H and O–H groups in total. The monoisotopic (exact) mass is 347 g/mol. The summed E-state index contributed by atoms with van der Waals surface area (Å²) in [6, 6.07) is 15.3. The first-order valence-electron chi connectivity index (χ1n) is 7.59. The molecule has 2 unspecified atom stereocenters. The molecule has 1 amide bonds. The summed E-state index contributed by atoms with van der Waals surface area (Å²) in [4.78, 5) is 12.5. The molecule has 0 bridgehead atoms. The second kappa shape index (κ2) is 7.49. The fourth-order valence-corrected chi connectivity index (χ4v) is 2.80. The van der Waals surface area contributed by atoms with Crippen LogP contribution in [0.4, 0.5) is 0 Å². The van der Waals surface area contributed by atoms with E-state index in [1.165, 1.54) is 12.1 Å². The van der Waals surface area contributed by atoms with E-state index in [2.05, 4.69) is 5.32 Å². The number of hydrogen-bond donors (Lipinski definition) is 1. The van der Waals surface area contributed by atoms with Gasteiger partial charge in [-0.15, -0.1) is 0 Å². The maximum absolute atomic E-state index is 12.2. The molecule has 0 aromatic heterocycles.